The summed E-state index contributed by atoms with van der Waals surface area (Å²) in [6, 6.07) is 28.0. The highest BCUT2D eigenvalue weighted by molar-refractivity contribution is 7.89. The molecule has 1 aliphatic rings. The van der Waals surface area contributed by atoms with Gasteiger partial charge >= 0.3 is 0 Å². The molecule has 1 saturated heterocycles. The summed E-state index contributed by atoms with van der Waals surface area (Å²) in [5.41, 5.74) is 1.41. The van der Waals surface area contributed by atoms with Gasteiger partial charge in [-0.3, -0.25) is 0 Å². The number of benzene rings is 3. The fourth-order valence-corrected chi connectivity index (χ4v) is 5.78. The van der Waals surface area contributed by atoms with Gasteiger partial charge in [0, 0.05) is 18.5 Å². The predicted octanol–water partition coefficient (Wildman–Crippen LogP) is 4.80. The van der Waals surface area contributed by atoms with Gasteiger partial charge in [0.15, 0.2) is 0 Å². The van der Waals surface area contributed by atoms with E-state index in [0.29, 0.717) is 12.8 Å². The zero-order valence-electron chi connectivity index (χ0n) is 16.1. The Bertz CT molecular complexity index is 1000. The van der Waals surface area contributed by atoms with Crippen molar-refractivity contribution in [2.45, 2.75) is 29.3 Å². The van der Waals surface area contributed by atoms with Crippen LogP contribution in [0, 0.1) is 0 Å². The quantitative estimate of drug-likeness (QED) is 0.621. The van der Waals surface area contributed by atoms with Crippen LogP contribution >= 0.6 is 0 Å². The Morgan fingerprint density at radius 3 is 1.79 bits per heavy atom. The molecule has 3 nitrogen and oxygen atoms in total. The Morgan fingerprint density at radius 1 is 0.793 bits per heavy atom. The predicted molar refractivity (Wildman–Crippen MR) is 113 cm³/mol. The molecule has 150 valence electrons. The third-order valence-electron chi connectivity index (χ3n) is 5.77. The second-order valence-electron chi connectivity index (χ2n) is 7.56. The first-order chi connectivity index (χ1) is 14.0. The third-order valence-corrected chi connectivity index (χ3v) is 7.59. The van der Waals surface area contributed by atoms with Crippen LogP contribution in [0.4, 0.5) is 4.39 Å². The van der Waals surface area contributed by atoms with E-state index < -0.39 is 21.6 Å². The molecule has 0 bridgehead atoms. The van der Waals surface area contributed by atoms with Crippen molar-refractivity contribution in [1.82, 2.24) is 4.31 Å². The summed E-state index contributed by atoms with van der Waals surface area (Å²) in [6.45, 7) is 0.0807. The molecule has 3 aromatic rings. The van der Waals surface area contributed by atoms with Crippen molar-refractivity contribution in [2.24, 2.45) is 0 Å². The van der Waals surface area contributed by atoms with Gasteiger partial charge in [0.25, 0.3) is 0 Å². The molecule has 1 atom stereocenters. The number of rotatable bonds is 4. The van der Waals surface area contributed by atoms with E-state index in [2.05, 4.69) is 0 Å². The van der Waals surface area contributed by atoms with Crippen LogP contribution in [0.2, 0.25) is 0 Å². The van der Waals surface area contributed by atoms with Gasteiger partial charge in [-0.2, -0.15) is 4.31 Å². The lowest BCUT2D eigenvalue weighted by molar-refractivity contribution is 0.271. The Balaban J connectivity index is 1.86. The largest absolute Gasteiger partial charge is 0.246 e. The molecule has 3 aromatic carbocycles. The zero-order chi connectivity index (χ0) is 20.3. The van der Waals surface area contributed by atoms with Gasteiger partial charge in [0.1, 0.15) is 6.17 Å². The minimum absolute atomic E-state index is 0.126. The molecule has 1 fully saturated rings. The molecular weight excluding hydrogens is 385 g/mol. The van der Waals surface area contributed by atoms with E-state index >= 15 is 0 Å². The third kappa shape index (κ3) is 3.85. The Morgan fingerprint density at radius 2 is 1.28 bits per heavy atom. The van der Waals surface area contributed by atoms with E-state index in [4.69, 9.17) is 0 Å². The molecule has 29 heavy (non-hydrogen) atoms. The summed E-state index contributed by atoms with van der Waals surface area (Å²) in [6.07, 6.45) is -0.351. The summed E-state index contributed by atoms with van der Waals surface area (Å²) in [5.74, 6) is 0. The van der Waals surface area contributed by atoms with E-state index in [1.54, 1.807) is 30.3 Å². The number of halogens is 1. The van der Waals surface area contributed by atoms with E-state index in [-0.39, 0.29) is 18.0 Å². The standard InChI is InChI=1S/C24H24FNO2S/c25-22-16-17-24(20-10-4-1-5-11-20,21-12-6-2-7-13-21)19-26(18-22)29(27,28)23-14-8-3-9-15-23/h1-15,22H,16-19H2/t22-/m0/s1. The van der Waals surface area contributed by atoms with Crippen molar-refractivity contribution < 1.29 is 12.8 Å². The van der Waals surface area contributed by atoms with Gasteiger partial charge in [-0.25, -0.2) is 12.8 Å². The zero-order valence-corrected chi connectivity index (χ0v) is 16.9. The SMILES string of the molecule is O=S(=O)(c1ccccc1)N1C[C@@H](F)CCC(c2ccccc2)(c2ccccc2)C1. The van der Waals surface area contributed by atoms with Crippen LogP contribution < -0.4 is 0 Å². The summed E-state index contributed by atoms with van der Waals surface area (Å²) in [7, 11) is -3.81. The van der Waals surface area contributed by atoms with Crippen LogP contribution in [0.15, 0.2) is 95.9 Å². The first-order valence-corrected chi connectivity index (χ1v) is 11.3. The average molecular weight is 410 g/mol. The smallest absolute Gasteiger partial charge is 0.243 e. The van der Waals surface area contributed by atoms with Gasteiger partial charge in [-0.15, -0.1) is 0 Å². The molecule has 5 heteroatoms. The monoisotopic (exact) mass is 409 g/mol. The van der Waals surface area contributed by atoms with Crippen molar-refractivity contribution in [2.75, 3.05) is 13.1 Å². The van der Waals surface area contributed by atoms with Crippen LogP contribution in [0.25, 0.3) is 0 Å². The molecule has 4 rings (SSSR count). The van der Waals surface area contributed by atoms with Gasteiger partial charge in [-0.05, 0) is 36.1 Å². The van der Waals surface area contributed by atoms with E-state index in [0.717, 1.165) is 11.1 Å². The minimum Gasteiger partial charge on any atom is -0.246 e. The molecule has 0 radical (unpaired) electrons. The second-order valence-corrected chi connectivity index (χ2v) is 9.50. The van der Waals surface area contributed by atoms with Crippen LogP contribution in [0.3, 0.4) is 0 Å². The highest BCUT2D eigenvalue weighted by Crippen LogP contribution is 2.41. The molecular formula is C24H24FNO2S. The first kappa shape index (κ1) is 19.8. The maximum Gasteiger partial charge on any atom is 0.243 e. The van der Waals surface area contributed by atoms with E-state index in [9.17, 15) is 12.8 Å². The summed E-state index contributed by atoms with van der Waals surface area (Å²) >= 11 is 0. The van der Waals surface area contributed by atoms with Gasteiger partial charge in [0.2, 0.25) is 10.0 Å². The molecule has 0 saturated carbocycles. The Hall–Kier alpha value is -2.50. The van der Waals surface area contributed by atoms with Crippen molar-refractivity contribution in [3.8, 4) is 0 Å². The number of hydrogen-bond donors (Lipinski definition) is 0. The lowest BCUT2D eigenvalue weighted by Gasteiger charge is -2.37. The molecule has 0 amide bonds. The molecule has 0 aromatic heterocycles. The molecule has 0 N–H and O–H groups in total. The van der Waals surface area contributed by atoms with Crippen LogP contribution in [-0.4, -0.2) is 32.0 Å². The van der Waals surface area contributed by atoms with E-state index in [1.165, 1.54) is 4.31 Å². The number of alkyl halides is 1. The molecule has 0 aliphatic carbocycles. The molecule has 1 heterocycles. The second kappa shape index (κ2) is 8.09. The van der Waals surface area contributed by atoms with Crippen LogP contribution in [0.5, 0.6) is 0 Å². The fourth-order valence-electron chi connectivity index (χ4n) is 4.24. The topological polar surface area (TPSA) is 37.4 Å². The lowest BCUT2D eigenvalue weighted by Crippen LogP contribution is -2.44. The number of nitrogens with zero attached hydrogens (tertiary/aromatic N) is 1. The van der Waals surface area contributed by atoms with Crippen molar-refractivity contribution >= 4 is 10.0 Å². The summed E-state index contributed by atoms with van der Waals surface area (Å²) in [5, 5.41) is 0. The van der Waals surface area contributed by atoms with E-state index in [1.807, 2.05) is 60.7 Å². The highest BCUT2D eigenvalue weighted by atomic mass is 32.2. The fraction of sp³-hybridized carbons (Fsp3) is 0.250. The Kier molecular flexibility index (Phi) is 5.52. The Labute approximate surface area is 171 Å². The molecule has 0 unspecified atom stereocenters. The minimum atomic E-state index is -3.81. The first-order valence-electron chi connectivity index (χ1n) is 9.83. The molecule has 1 aliphatic heterocycles. The van der Waals surface area contributed by atoms with Gasteiger partial charge in [0.05, 0.1) is 4.90 Å². The van der Waals surface area contributed by atoms with Crippen LogP contribution in [0.1, 0.15) is 24.0 Å². The van der Waals surface area contributed by atoms with Gasteiger partial charge in [-0.1, -0.05) is 78.9 Å². The summed E-state index contributed by atoms with van der Waals surface area (Å²) < 4.78 is 42.9. The highest BCUT2D eigenvalue weighted by Gasteiger charge is 2.43. The normalized spacial score (nSPS) is 20.1. The van der Waals surface area contributed by atoms with Crippen LogP contribution in [-0.2, 0) is 15.4 Å². The van der Waals surface area contributed by atoms with Crippen molar-refractivity contribution in [1.29, 1.82) is 0 Å². The van der Waals surface area contributed by atoms with Crippen molar-refractivity contribution in [3.63, 3.8) is 0 Å². The maximum atomic E-state index is 14.8. The average Bonchev–Trinajstić information content (AvgIpc) is 2.96. The maximum absolute atomic E-state index is 14.8. The number of hydrogen-bond acceptors (Lipinski definition) is 2. The summed E-state index contributed by atoms with van der Waals surface area (Å²) in [4.78, 5) is 0.198. The van der Waals surface area contributed by atoms with Crippen molar-refractivity contribution in [3.05, 3.63) is 102 Å². The number of sulfonamides is 1. The molecule has 0 spiro atoms. The van der Waals surface area contributed by atoms with Gasteiger partial charge < -0.3 is 0 Å². The lowest BCUT2D eigenvalue weighted by atomic mass is 9.71.